The molecule has 0 heterocycles. The topological polar surface area (TPSA) is 0 Å². The van der Waals surface area contributed by atoms with E-state index in [0.717, 1.165) is 0 Å². The van der Waals surface area contributed by atoms with Crippen molar-refractivity contribution < 1.29 is 0 Å². The number of rotatable bonds is 2. The van der Waals surface area contributed by atoms with Gasteiger partial charge in [-0.3, -0.25) is 0 Å². The fourth-order valence-corrected chi connectivity index (χ4v) is 0.204. The molecule has 0 aliphatic carbocycles. The summed E-state index contributed by atoms with van der Waals surface area (Å²) in [6.07, 6.45) is 0. The van der Waals surface area contributed by atoms with Gasteiger partial charge in [0.25, 0.3) is 0 Å². The molecule has 3 heteroatoms. The second-order valence-corrected chi connectivity index (χ2v) is 1.61. The largest absolute Gasteiger partial charge is 0.181 e. The van der Waals surface area contributed by atoms with Crippen molar-refractivity contribution in [3.05, 3.63) is 0 Å². The second kappa shape index (κ2) is 4.48. The summed E-state index contributed by atoms with van der Waals surface area (Å²) < 4.78 is 0. The van der Waals surface area contributed by atoms with E-state index in [1.807, 2.05) is 0 Å². The van der Waals surface area contributed by atoms with E-state index in [9.17, 15) is 0 Å². The molecule has 4 radical (unpaired) electrons. The zero-order valence-electron chi connectivity index (χ0n) is 2.98. The van der Waals surface area contributed by atoms with Crippen molar-refractivity contribution in [2.24, 2.45) is 0 Å². The summed E-state index contributed by atoms with van der Waals surface area (Å²) in [5.74, 6) is 0. The highest BCUT2D eigenvalue weighted by atomic mass is 32.2. The van der Waals surface area contributed by atoms with Crippen molar-refractivity contribution in [3.8, 4) is 0 Å². The van der Waals surface area contributed by atoms with Crippen molar-refractivity contribution in [2.45, 2.75) is 0 Å². The minimum Gasteiger partial charge on any atom is -0.181 e. The molecule has 0 aromatic carbocycles. The van der Waals surface area contributed by atoms with E-state index in [-0.39, 0.29) is 0 Å². The predicted octanol–water partition coefficient (Wildman–Crippen LogP) is -0.0284. The molecule has 0 rings (SSSR count). The van der Waals surface area contributed by atoms with Crippen LogP contribution < -0.4 is 0 Å². The number of hydrogen-bond donors (Lipinski definition) is 0. The van der Waals surface area contributed by atoms with Crippen LogP contribution in [0.2, 0.25) is 0 Å². The molecule has 0 bridgehead atoms. The maximum Gasteiger partial charge on any atom is 0.0798 e. The number of hydrogen-bond acceptors (Lipinski definition) is 1. The third-order valence-corrected chi connectivity index (χ3v) is 0.707. The van der Waals surface area contributed by atoms with Crippen LogP contribution in [0.3, 0.4) is 0 Å². The van der Waals surface area contributed by atoms with Crippen LogP contribution in [0.15, 0.2) is 0 Å². The molecule has 0 aromatic heterocycles. The Morgan fingerprint density at radius 3 is 1.60 bits per heavy atom. The van der Waals surface area contributed by atoms with Crippen LogP contribution in [0.4, 0.5) is 0 Å². The fraction of sp³-hybridized carbons (Fsp3) is 1.00. The maximum atomic E-state index is 5.02. The molecule has 0 saturated heterocycles. The monoisotopic (exact) mass is 82.0 g/mol. The highest BCUT2D eigenvalue weighted by Crippen LogP contribution is 1.87. The lowest BCUT2D eigenvalue weighted by atomic mass is 10.2. The molecule has 0 spiro atoms. The normalized spacial score (nSPS) is 8.00. The maximum absolute atomic E-state index is 5.02. The molecule has 0 atom stereocenters. The lowest BCUT2D eigenvalue weighted by Crippen LogP contribution is -1.76. The lowest BCUT2D eigenvalue weighted by Gasteiger charge is -1.81. The van der Waals surface area contributed by atoms with E-state index in [4.69, 9.17) is 15.7 Å². The Kier molecular flexibility index (Phi) is 4.91. The predicted molar refractivity (Wildman–Crippen MR) is 28.8 cm³/mol. The van der Waals surface area contributed by atoms with E-state index in [1.165, 1.54) is 11.8 Å². The first-order valence-electron chi connectivity index (χ1n) is 1.39. The van der Waals surface area contributed by atoms with Gasteiger partial charge >= 0.3 is 0 Å². The SMILES string of the molecule is [B]CSC[B]. The van der Waals surface area contributed by atoms with Gasteiger partial charge in [0.1, 0.15) is 0 Å². The smallest absolute Gasteiger partial charge is 0.0798 e. The van der Waals surface area contributed by atoms with E-state index in [2.05, 4.69) is 0 Å². The van der Waals surface area contributed by atoms with Gasteiger partial charge in [-0.25, -0.2) is 0 Å². The van der Waals surface area contributed by atoms with Gasteiger partial charge in [0.2, 0.25) is 0 Å². The Hall–Kier alpha value is 0.480. The van der Waals surface area contributed by atoms with Crippen molar-refractivity contribution >= 4 is 27.5 Å². The third-order valence-electron chi connectivity index (χ3n) is 0.236. The summed E-state index contributed by atoms with van der Waals surface area (Å²) in [5.41, 5.74) is 1.27. The molecule has 0 N–H and O–H groups in total. The molecule has 0 nitrogen and oxygen atoms in total. The molecule has 0 unspecified atom stereocenters. The fourth-order valence-electron chi connectivity index (χ4n) is 0.0680. The van der Waals surface area contributed by atoms with Crippen LogP contribution in [0, 0.1) is 0 Å². The number of thioether (sulfide) groups is 1. The summed E-state index contributed by atoms with van der Waals surface area (Å²) in [6.45, 7) is 0. The van der Waals surface area contributed by atoms with Crippen LogP contribution in [-0.2, 0) is 0 Å². The molecular formula is C2H4B2S. The van der Waals surface area contributed by atoms with Crippen LogP contribution in [0.1, 0.15) is 0 Å². The highest BCUT2D eigenvalue weighted by molar-refractivity contribution is 8.01. The molecule has 0 aliphatic rings. The summed E-state index contributed by atoms with van der Waals surface area (Å²) >= 11 is 1.52. The van der Waals surface area contributed by atoms with Gasteiger partial charge in [0.15, 0.2) is 0 Å². The van der Waals surface area contributed by atoms with Gasteiger partial charge in [-0.1, -0.05) is 0 Å². The molecule has 0 amide bonds. The standard InChI is InChI=1S/C2H4B2S/c3-1-5-2-4/h1-2H2. The minimum absolute atomic E-state index is 0.635. The first-order chi connectivity index (χ1) is 2.41. The first kappa shape index (κ1) is 5.48. The van der Waals surface area contributed by atoms with E-state index in [1.54, 1.807) is 0 Å². The van der Waals surface area contributed by atoms with Crippen molar-refractivity contribution in [1.82, 2.24) is 0 Å². The third kappa shape index (κ3) is 4.48. The van der Waals surface area contributed by atoms with Gasteiger partial charge in [-0.15, -0.1) is 0 Å². The van der Waals surface area contributed by atoms with Crippen molar-refractivity contribution in [2.75, 3.05) is 11.3 Å². The molecule has 24 valence electrons. The Labute approximate surface area is 39.5 Å². The molecule has 0 saturated carbocycles. The second-order valence-electron chi connectivity index (χ2n) is 0.537. The van der Waals surface area contributed by atoms with Gasteiger partial charge in [-0.05, 0) is 11.3 Å². The molecular weight excluding hydrogens is 77.7 g/mol. The van der Waals surface area contributed by atoms with Gasteiger partial charge in [-0.2, -0.15) is 11.8 Å². The lowest BCUT2D eigenvalue weighted by molar-refractivity contribution is 2.11. The van der Waals surface area contributed by atoms with Crippen LogP contribution in [-0.4, -0.2) is 27.0 Å². The van der Waals surface area contributed by atoms with E-state index >= 15 is 0 Å². The van der Waals surface area contributed by atoms with E-state index in [0.29, 0.717) is 11.3 Å². The van der Waals surface area contributed by atoms with E-state index < -0.39 is 0 Å². The first-order valence-corrected chi connectivity index (χ1v) is 2.55. The van der Waals surface area contributed by atoms with Gasteiger partial charge in [0.05, 0.1) is 15.7 Å². The minimum atomic E-state index is 0.635. The molecule has 0 fully saturated rings. The Morgan fingerprint density at radius 2 is 1.60 bits per heavy atom. The zero-order chi connectivity index (χ0) is 4.12. The van der Waals surface area contributed by atoms with Crippen LogP contribution in [0.5, 0.6) is 0 Å². The average Bonchev–Trinajstić information content (AvgIpc) is 1.41. The van der Waals surface area contributed by atoms with Crippen molar-refractivity contribution in [1.29, 1.82) is 0 Å². The molecule has 5 heavy (non-hydrogen) atoms. The average molecular weight is 81.7 g/mol. The van der Waals surface area contributed by atoms with Gasteiger partial charge in [0, 0.05) is 0 Å². The molecule has 0 aromatic rings. The Bertz CT molecular complexity index is 15.1. The summed E-state index contributed by atoms with van der Waals surface area (Å²) in [7, 11) is 10.0. The van der Waals surface area contributed by atoms with Gasteiger partial charge < -0.3 is 0 Å². The van der Waals surface area contributed by atoms with Crippen LogP contribution in [0.25, 0.3) is 0 Å². The molecule has 0 aliphatic heterocycles. The Balaban J connectivity index is 2.19. The van der Waals surface area contributed by atoms with Crippen molar-refractivity contribution in [3.63, 3.8) is 0 Å². The Morgan fingerprint density at radius 1 is 1.20 bits per heavy atom. The highest BCUT2D eigenvalue weighted by Gasteiger charge is 1.67. The van der Waals surface area contributed by atoms with Crippen LogP contribution >= 0.6 is 11.8 Å². The zero-order valence-corrected chi connectivity index (χ0v) is 3.79. The quantitative estimate of drug-likeness (QED) is 0.421. The summed E-state index contributed by atoms with van der Waals surface area (Å²) in [5, 5.41) is 0. The summed E-state index contributed by atoms with van der Waals surface area (Å²) in [6, 6.07) is 0. The summed E-state index contributed by atoms with van der Waals surface area (Å²) in [4.78, 5) is 0.